The third kappa shape index (κ3) is 3.66. The number of aryl methyl sites for hydroxylation is 2. The second-order valence-electron chi connectivity index (χ2n) is 4.92. The fourth-order valence-corrected chi connectivity index (χ4v) is 3.37. The molecule has 0 aliphatic carbocycles. The predicted octanol–water partition coefficient (Wildman–Crippen LogP) is 3.48. The third-order valence-corrected chi connectivity index (χ3v) is 4.75. The van der Waals surface area contributed by atoms with Crippen LogP contribution in [0.3, 0.4) is 0 Å². The fraction of sp³-hybridized carbons (Fsp3) is 0.286. The van der Waals surface area contributed by atoms with Gasteiger partial charge in [-0.1, -0.05) is 0 Å². The molecule has 1 aromatic heterocycles. The zero-order valence-electron chi connectivity index (χ0n) is 12.0. The molecule has 1 atom stereocenters. The molecular weight excluding hydrogens is 356 g/mol. The van der Waals surface area contributed by atoms with Crippen molar-refractivity contribution in [2.24, 2.45) is 5.14 Å². The number of rotatable bonds is 4. The van der Waals surface area contributed by atoms with Gasteiger partial charge in [-0.3, -0.25) is 0 Å². The molecule has 1 unspecified atom stereocenters. The van der Waals surface area contributed by atoms with Gasteiger partial charge in [-0.05, 0) is 61.0 Å². The lowest BCUT2D eigenvalue weighted by molar-refractivity contribution is 0.500. The molecule has 0 radical (unpaired) electrons. The van der Waals surface area contributed by atoms with Gasteiger partial charge in [0.2, 0.25) is 10.0 Å². The van der Waals surface area contributed by atoms with Crippen molar-refractivity contribution >= 4 is 31.6 Å². The van der Waals surface area contributed by atoms with Gasteiger partial charge in [-0.15, -0.1) is 0 Å². The van der Waals surface area contributed by atoms with E-state index in [1.54, 1.807) is 6.07 Å². The van der Waals surface area contributed by atoms with Crippen LogP contribution in [0.25, 0.3) is 0 Å². The number of nitrogens with two attached hydrogens (primary N) is 1. The number of halogens is 1. The third-order valence-electron chi connectivity index (χ3n) is 3.19. The Bertz CT molecular complexity index is 769. The molecule has 0 aliphatic rings. The normalized spacial score (nSPS) is 13.2. The second kappa shape index (κ2) is 5.82. The minimum Gasteiger partial charge on any atom is -0.466 e. The molecule has 1 heterocycles. The van der Waals surface area contributed by atoms with Crippen molar-refractivity contribution in [3.8, 4) is 0 Å². The number of hydrogen-bond donors (Lipinski definition) is 2. The van der Waals surface area contributed by atoms with E-state index in [4.69, 9.17) is 9.56 Å². The number of hydrogen-bond acceptors (Lipinski definition) is 4. The molecule has 0 saturated carbocycles. The highest BCUT2D eigenvalue weighted by molar-refractivity contribution is 9.10. The number of primary sulfonamides is 1. The van der Waals surface area contributed by atoms with Crippen molar-refractivity contribution in [2.45, 2.75) is 31.7 Å². The first kappa shape index (κ1) is 16.1. The Morgan fingerprint density at radius 2 is 1.95 bits per heavy atom. The largest absolute Gasteiger partial charge is 0.466 e. The molecular formula is C14H17BrN2O3S. The van der Waals surface area contributed by atoms with Crippen molar-refractivity contribution in [2.75, 3.05) is 5.32 Å². The van der Waals surface area contributed by atoms with Gasteiger partial charge in [0.15, 0.2) is 0 Å². The number of benzene rings is 1. The molecule has 2 rings (SSSR count). The summed E-state index contributed by atoms with van der Waals surface area (Å²) in [4.78, 5) is 0.0721. The highest BCUT2D eigenvalue weighted by Crippen LogP contribution is 2.30. The van der Waals surface area contributed by atoms with Gasteiger partial charge < -0.3 is 9.73 Å². The summed E-state index contributed by atoms with van der Waals surface area (Å²) in [6.07, 6.45) is 0. The van der Waals surface area contributed by atoms with Crippen molar-refractivity contribution in [1.82, 2.24) is 0 Å². The summed E-state index contributed by atoms with van der Waals surface area (Å²) in [6, 6.07) is 6.65. The van der Waals surface area contributed by atoms with E-state index < -0.39 is 10.0 Å². The average molecular weight is 373 g/mol. The van der Waals surface area contributed by atoms with Crippen molar-refractivity contribution in [1.29, 1.82) is 0 Å². The van der Waals surface area contributed by atoms with E-state index in [1.165, 1.54) is 12.1 Å². The number of nitrogens with one attached hydrogen (secondary N) is 1. The Hall–Kier alpha value is -1.31. The van der Waals surface area contributed by atoms with E-state index in [0.29, 0.717) is 4.47 Å². The quantitative estimate of drug-likeness (QED) is 0.859. The highest BCUT2D eigenvalue weighted by atomic mass is 79.9. The van der Waals surface area contributed by atoms with Gasteiger partial charge in [0.1, 0.15) is 11.5 Å². The lowest BCUT2D eigenvalue weighted by Crippen LogP contribution is -2.13. The summed E-state index contributed by atoms with van der Waals surface area (Å²) in [5.74, 6) is 1.73. The molecule has 3 N–H and O–H groups in total. The molecule has 0 fully saturated rings. The first-order valence-corrected chi connectivity index (χ1v) is 8.68. The van der Waals surface area contributed by atoms with E-state index in [1.807, 2.05) is 26.8 Å². The summed E-state index contributed by atoms with van der Waals surface area (Å²) in [5, 5.41) is 8.43. The Morgan fingerprint density at radius 3 is 2.43 bits per heavy atom. The van der Waals surface area contributed by atoms with Crippen molar-refractivity contribution in [3.05, 3.63) is 45.8 Å². The van der Waals surface area contributed by atoms with E-state index in [0.717, 1.165) is 22.8 Å². The molecule has 1 aromatic carbocycles. The van der Waals surface area contributed by atoms with Crippen molar-refractivity contribution in [3.63, 3.8) is 0 Å². The predicted molar refractivity (Wildman–Crippen MR) is 85.7 cm³/mol. The van der Waals surface area contributed by atoms with Crippen LogP contribution in [0.15, 0.2) is 38.1 Å². The molecule has 0 aliphatic heterocycles. The number of furan rings is 1. The van der Waals surface area contributed by atoms with Crippen LogP contribution >= 0.6 is 15.9 Å². The van der Waals surface area contributed by atoms with Gasteiger partial charge >= 0.3 is 0 Å². The maximum Gasteiger partial charge on any atom is 0.238 e. The number of anilines is 1. The standard InChI is InChI=1S/C14H17BrN2O3S/c1-8-6-12(10(3)20-8)9(2)17-14-5-4-11(7-13(14)15)21(16,18)19/h4-7,9,17H,1-3H3,(H2,16,18,19). The zero-order valence-corrected chi connectivity index (χ0v) is 14.4. The molecule has 7 heteroatoms. The van der Waals surface area contributed by atoms with Gasteiger partial charge in [0.05, 0.1) is 10.9 Å². The Labute approximate surface area is 132 Å². The van der Waals surface area contributed by atoms with Crippen LogP contribution in [0.5, 0.6) is 0 Å². The first-order valence-electron chi connectivity index (χ1n) is 6.34. The summed E-state index contributed by atoms with van der Waals surface area (Å²) in [5.41, 5.74) is 1.85. The Balaban J connectivity index is 2.26. The van der Waals surface area contributed by atoms with E-state index >= 15 is 0 Å². The maximum atomic E-state index is 11.3. The molecule has 0 bridgehead atoms. The molecule has 0 amide bonds. The topological polar surface area (TPSA) is 85.3 Å². The zero-order chi connectivity index (χ0) is 15.8. The summed E-state index contributed by atoms with van der Waals surface area (Å²) in [6.45, 7) is 5.83. The van der Waals surface area contributed by atoms with Gasteiger partial charge in [0.25, 0.3) is 0 Å². The summed E-state index contributed by atoms with van der Waals surface area (Å²) < 4.78 is 28.8. The van der Waals surface area contributed by atoms with E-state index in [-0.39, 0.29) is 10.9 Å². The average Bonchev–Trinajstić information content (AvgIpc) is 2.69. The van der Waals surface area contributed by atoms with Crippen LogP contribution in [-0.2, 0) is 10.0 Å². The molecule has 114 valence electrons. The van der Waals surface area contributed by atoms with Crippen LogP contribution in [0.1, 0.15) is 30.0 Å². The van der Waals surface area contributed by atoms with Crippen LogP contribution in [0.2, 0.25) is 0 Å². The minimum absolute atomic E-state index is 0.0269. The van der Waals surface area contributed by atoms with Crippen LogP contribution in [-0.4, -0.2) is 8.42 Å². The van der Waals surface area contributed by atoms with Crippen LogP contribution < -0.4 is 10.5 Å². The fourth-order valence-electron chi connectivity index (χ4n) is 2.18. The van der Waals surface area contributed by atoms with Crippen LogP contribution in [0, 0.1) is 13.8 Å². The lowest BCUT2D eigenvalue weighted by atomic mass is 10.1. The Kier molecular flexibility index (Phi) is 4.46. The summed E-state index contributed by atoms with van der Waals surface area (Å²) >= 11 is 3.36. The number of sulfonamides is 1. The lowest BCUT2D eigenvalue weighted by Gasteiger charge is -2.16. The van der Waals surface area contributed by atoms with Gasteiger partial charge in [-0.25, -0.2) is 13.6 Å². The van der Waals surface area contributed by atoms with Crippen molar-refractivity contribution < 1.29 is 12.8 Å². The maximum absolute atomic E-state index is 11.3. The molecule has 0 spiro atoms. The van der Waals surface area contributed by atoms with Gasteiger partial charge in [-0.2, -0.15) is 0 Å². The minimum atomic E-state index is -3.70. The smallest absolute Gasteiger partial charge is 0.238 e. The monoisotopic (exact) mass is 372 g/mol. The van der Waals surface area contributed by atoms with Crippen LogP contribution in [0.4, 0.5) is 5.69 Å². The van der Waals surface area contributed by atoms with E-state index in [9.17, 15) is 8.42 Å². The first-order chi connectivity index (χ1) is 9.68. The molecule has 5 nitrogen and oxygen atoms in total. The Morgan fingerprint density at radius 1 is 1.29 bits per heavy atom. The highest BCUT2D eigenvalue weighted by Gasteiger charge is 2.15. The molecule has 21 heavy (non-hydrogen) atoms. The summed E-state index contributed by atoms with van der Waals surface area (Å²) in [7, 11) is -3.70. The van der Waals surface area contributed by atoms with Gasteiger partial charge in [0, 0.05) is 15.7 Å². The second-order valence-corrected chi connectivity index (χ2v) is 7.34. The van der Waals surface area contributed by atoms with E-state index in [2.05, 4.69) is 21.2 Å². The molecule has 0 saturated heterocycles. The molecule has 2 aromatic rings. The SMILES string of the molecule is Cc1cc(C(C)Nc2ccc(S(N)(=O)=O)cc2Br)c(C)o1.